The number of hydrogen-bond acceptors (Lipinski definition) is 3. The Labute approximate surface area is 264 Å². The van der Waals surface area contributed by atoms with E-state index in [2.05, 4.69) is 161 Å². The third-order valence-corrected chi connectivity index (χ3v) is 8.29. The summed E-state index contributed by atoms with van der Waals surface area (Å²) in [6.45, 7) is 0. The number of fused-ring (bicyclic) bond motifs is 1. The summed E-state index contributed by atoms with van der Waals surface area (Å²) in [5.74, 6) is 0. The highest BCUT2D eigenvalue weighted by atomic mass is 15.1. The van der Waals surface area contributed by atoms with Crippen molar-refractivity contribution in [2.45, 2.75) is 0 Å². The smallest absolute Gasteiger partial charge is 0.0992 e. The highest BCUT2D eigenvalue weighted by Gasteiger charge is 2.16. The summed E-state index contributed by atoms with van der Waals surface area (Å²) in [6.07, 6.45) is 0. The number of rotatable bonds is 7. The minimum Gasteiger partial charge on any atom is -0.345 e. The van der Waals surface area contributed by atoms with Crippen molar-refractivity contribution in [1.82, 2.24) is 0 Å². The molecule has 7 aromatic carbocycles. The minimum atomic E-state index is 0.653. The molecule has 45 heavy (non-hydrogen) atoms. The molecule has 3 heteroatoms. The van der Waals surface area contributed by atoms with Crippen LogP contribution in [0.4, 0.5) is 28.4 Å². The molecule has 0 saturated carbocycles. The Kier molecular flexibility index (Phi) is 7.54. The van der Waals surface area contributed by atoms with Gasteiger partial charge < -0.3 is 9.80 Å². The monoisotopic (exact) mass is 577 g/mol. The van der Waals surface area contributed by atoms with Crippen molar-refractivity contribution in [3.05, 3.63) is 175 Å². The summed E-state index contributed by atoms with van der Waals surface area (Å²) >= 11 is 0. The zero-order chi connectivity index (χ0) is 30.6. The van der Waals surface area contributed by atoms with Crippen molar-refractivity contribution in [3.63, 3.8) is 0 Å². The van der Waals surface area contributed by atoms with Crippen molar-refractivity contribution >= 4 is 39.2 Å². The fraction of sp³-hybridized carbons (Fsp3) is 0.0238. The Balaban J connectivity index is 1.24. The van der Waals surface area contributed by atoms with Gasteiger partial charge in [0.25, 0.3) is 0 Å². The summed E-state index contributed by atoms with van der Waals surface area (Å²) in [5, 5.41) is 11.7. The predicted molar refractivity (Wildman–Crippen MR) is 189 cm³/mol. The van der Waals surface area contributed by atoms with E-state index in [-0.39, 0.29) is 0 Å². The van der Waals surface area contributed by atoms with E-state index in [4.69, 9.17) is 0 Å². The molecule has 0 fully saturated rings. The lowest BCUT2D eigenvalue weighted by atomic mass is 10.0. The van der Waals surface area contributed by atoms with Gasteiger partial charge in [0.1, 0.15) is 0 Å². The Morgan fingerprint density at radius 1 is 0.444 bits per heavy atom. The normalized spacial score (nSPS) is 10.8. The molecule has 0 amide bonds. The molecule has 0 radical (unpaired) electrons. The zero-order valence-electron chi connectivity index (χ0n) is 25.0. The van der Waals surface area contributed by atoms with Crippen LogP contribution in [0.1, 0.15) is 5.56 Å². The van der Waals surface area contributed by atoms with Crippen LogP contribution in [-0.2, 0) is 0 Å². The molecule has 0 aliphatic rings. The lowest BCUT2D eigenvalue weighted by molar-refractivity contribution is 1.21. The molecular weight excluding hydrogens is 546 g/mol. The van der Waals surface area contributed by atoms with Gasteiger partial charge in [-0.15, -0.1) is 0 Å². The molecule has 0 aromatic heterocycles. The van der Waals surface area contributed by atoms with Gasteiger partial charge in [-0.25, -0.2) is 0 Å². The fourth-order valence-corrected chi connectivity index (χ4v) is 5.90. The van der Waals surface area contributed by atoms with E-state index in [1.165, 1.54) is 21.9 Å². The summed E-state index contributed by atoms with van der Waals surface area (Å²) in [7, 11) is 2.02. The maximum absolute atomic E-state index is 9.29. The average Bonchev–Trinajstić information content (AvgIpc) is 3.12. The quantitative estimate of drug-likeness (QED) is 0.189. The molecule has 0 unspecified atom stereocenters. The van der Waals surface area contributed by atoms with E-state index in [1.807, 2.05) is 31.3 Å². The SMILES string of the molecule is CN(c1ccc(-c2ccc(N(c3cccc(-c4ccccc4)c3)c3cccc4ccccc34)cc2)cc1)c1cccc(C#N)c1. The van der Waals surface area contributed by atoms with Crippen molar-refractivity contribution in [2.75, 3.05) is 16.8 Å². The van der Waals surface area contributed by atoms with Gasteiger partial charge in [-0.2, -0.15) is 5.26 Å². The summed E-state index contributed by atoms with van der Waals surface area (Å²) in [5.41, 5.74) is 10.7. The van der Waals surface area contributed by atoms with Crippen molar-refractivity contribution in [2.24, 2.45) is 0 Å². The molecule has 214 valence electrons. The third kappa shape index (κ3) is 5.66. The van der Waals surface area contributed by atoms with E-state index in [1.54, 1.807) is 0 Å². The molecule has 7 rings (SSSR count). The van der Waals surface area contributed by atoms with Crippen LogP contribution in [0.5, 0.6) is 0 Å². The van der Waals surface area contributed by atoms with Gasteiger partial charge >= 0.3 is 0 Å². The third-order valence-electron chi connectivity index (χ3n) is 8.29. The Morgan fingerprint density at radius 2 is 1.02 bits per heavy atom. The van der Waals surface area contributed by atoms with Crippen molar-refractivity contribution in [1.29, 1.82) is 5.26 Å². The highest BCUT2D eigenvalue weighted by Crippen LogP contribution is 2.40. The first-order chi connectivity index (χ1) is 22.2. The van der Waals surface area contributed by atoms with E-state index in [0.29, 0.717) is 5.56 Å². The van der Waals surface area contributed by atoms with Gasteiger partial charge in [0.05, 0.1) is 17.3 Å². The lowest BCUT2D eigenvalue weighted by Gasteiger charge is -2.27. The van der Waals surface area contributed by atoms with E-state index >= 15 is 0 Å². The Morgan fingerprint density at radius 3 is 1.78 bits per heavy atom. The molecule has 0 heterocycles. The van der Waals surface area contributed by atoms with E-state index in [0.717, 1.165) is 39.6 Å². The molecule has 0 atom stereocenters. The molecule has 0 N–H and O–H groups in total. The number of nitriles is 1. The zero-order valence-corrected chi connectivity index (χ0v) is 25.0. The number of hydrogen-bond donors (Lipinski definition) is 0. The molecular formula is C42H31N3. The van der Waals surface area contributed by atoms with Crippen LogP contribution in [0.15, 0.2) is 170 Å². The second-order valence-electron chi connectivity index (χ2n) is 11.1. The van der Waals surface area contributed by atoms with Crippen LogP contribution >= 0.6 is 0 Å². The Hall–Kier alpha value is -6.11. The number of anilines is 5. The van der Waals surface area contributed by atoms with E-state index in [9.17, 15) is 5.26 Å². The second kappa shape index (κ2) is 12.2. The second-order valence-corrected chi connectivity index (χ2v) is 11.1. The highest BCUT2D eigenvalue weighted by molar-refractivity contribution is 5.99. The largest absolute Gasteiger partial charge is 0.345 e. The van der Waals surface area contributed by atoms with Crippen LogP contribution in [0.3, 0.4) is 0 Å². The van der Waals surface area contributed by atoms with Crippen LogP contribution in [-0.4, -0.2) is 7.05 Å². The van der Waals surface area contributed by atoms with Crippen LogP contribution in [0.2, 0.25) is 0 Å². The Bertz CT molecular complexity index is 2120. The predicted octanol–water partition coefficient (Wildman–Crippen LogP) is 11.3. The first-order valence-electron chi connectivity index (χ1n) is 15.1. The van der Waals surface area contributed by atoms with Gasteiger partial charge in [0, 0.05) is 35.2 Å². The van der Waals surface area contributed by atoms with E-state index < -0.39 is 0 Å². The minimum absolute atomic E-state index is 0.653. The first-order valence-corrected chi connectivity index (χ1v) is 15.1. The van der Waals surface area contributed by atoms with Gasteiger partial charge in [0.15, 0.2) is 0 Å². The molecule has 0 aliphatic carbocycles. The van der Waals surface area contributed by atoms with Gasteiger partial charge in [-0.1, -0.05) is 109 Å². The molecule has 0 spiro atoms. The number of nitrogens with zero attached hydrogens (tertiary/aromatic N) is 3. The van der Waals surface area contributed by atoms with Crippen LogP contribution < -0.4 is 9.80 Å². The molecule has 3 nitrogen and oxygen atoms in total. The average molecular weight is 578 g/mol. The summed E-state index contributed by atoms with van der Waals surface area (Å²) in [4.78, 5) is 4.45. The van der Waals surface area contributed by atoms with Gasteiger partial charge in [0.2, 0.25) is 0 Å². The van der Waals surface area contributed by atoms with Crippen molar-refractivity contribution in [3.8, 4) is 28.3 Å². The molecule has 0 aliphatic heterocycles. The van der Waals surface area contributed by atoms with Crippen molar-refractivity contribution < 1.29 is 0 Å². The number of benzene rings is 7. The van der Waals surface area contributed by atoms with Crippen LogP contribution in [0.25, 0.3) is 33.0 Å². The summed E-state index contributed by atoms with van der Waals surface area (Å²) in [6, 6.07) is 61.6. The standard InChI is InChI=1S/C42H31N3/c1-44(39-16-7-10-31(28-39)30-43)37-24-20-33(21-25-37)34-22-26-38(27-23-34)45(42-19-9-14-35-13-5-6-18-41(35)42)40-17-8-15-36(29-40)32-11-3-2-4-12-32/h2-29H,1H3. The maximum atomic E-state index is 9.29. The van der Waals surface area contributed by atoms with Gasteiger partial charge in [-0.3, -0.25) is 0 Å². The van der Waals surface area contributed by atoms with Crippen LogP contribution in [0, 0.1) is 11.3 Å². The first kappa shape index (κ1) is 27.7. The lowest BCUT2D eigenvalue weighted by Crippen LogP contribution is -2.10. The molecule has 0 saturated heterocycles. The van der Waals surface area contributed by atoms with Gasteiger partial charge in [-0.05, 0) is 88.3 Å². The molecule has 7 aromatic rings. The summed E-state index contributed by atoms with van der Waals surface area (Å²) < 4.78 is 0. The fourth-order valence-electron chi connectivity index (χ4n) is 5.90. The topological polar surface area (TPSA) is 30.3 Å². The molecule has 0 bridgehead atoms. The maximum Gasteiger partial charge on any atom is 0.0992 e.